The molecule has 1 aromatic rings. The molecule has 0 aliphatic carbocycles. The van der Waals surface area contributed by atoms with Gasteiger partial charge in [-0.15, -0.1) is 0 Å². The number of non-ortho nitro benzene ring substituents is 1. The van der Waals surface area contributed by atoms with Crippen LogP contribution in [0.5, 0.6) is 0 Å². The van der Waals surface area contributed by atoms with Crippen molar-refractivity contribution in [2.24, 2.45) is 0 Å². The van der Waals surface area contributed by atoms with E-state index in [1.54, 1.807) is 6.92 Å². The number of unbranched alkanes of at least 4 members (excludes halogenated alkanes) is 1. The van der Waals surface area contributed by atoms with E-state index in [-0.39, 0.29) is 11.6 Å². The van der Waals surface area contributed by atoms with Crippen molar-refractivity contribution >= 4 is 17.3 Å². The molecule has 5 nitrogen and oxygen atoms in total. The third-order valence-corrected chi connectivity index (χ3v) is 3.02. The number of nitro groups is 1. The van der Waals surface area contributed by atoms with Crippen molar-refractivity contribution in [1.82, 2.24) is 0 Å². The fraction of sp³-hybridized carbons (Fsp3) is 0.500. The van der Waals surface area contributed by atoms with E-state index in [0.717, 1.165) is 24.0 Å². The predicted molar refractivity (Wildman–Crippen MR) is 75.4 cm³/mol. The number of anilines is 1. The molecule has 0 saturated carbocycles. The SMILES string of the molecule is CCCCC(=O)Nc1c(C)cc([N+](=O)[O-])cc1CC. The average molecular weight is 264 g/mol. The normalized spacial score (nSPS) is 10.3. The highest BCUT2D eigenvalue weighted by atomic mass is 16.6. The largest absolute Gasteiger partial charge is 0.326 e. The molecule has 0 radical (unpaired) electrons. The van der Waals surface area contributed by atoms with Gasteiger partial charge >= 0.3 is 0 Å². The van der Waals surface area contributed by atoms with Gasteiger partial charge in [-0.25, -0.2) is 0 Å². The van der Waals surface area contributed by atoms with Crippen molar-refractivity contribution in [3.63, 3.8) is 0 Å². The van der Waals surface area contributed by atoms with Crippen molar-refractivity contribution in [2.45, 2.75) is 46.5 Å². The molecule has 0 spiro atoms. The molecule has 0 unspecified atom stereocenters. The second-order valence-corrected chi connectivity index (χ2v) is 4.56. The summed E-state index contributed by atoms with van der Waals surface area (Å²) in [5.74, 6) is -0.0338. The smallest absolute Gasteiger partial charge is 0.270 e. The molecule has 1 N–H and O–H groups in total. The quantitative estimate of drug-likeness (QED) is 0.630. The summed E-state index contributed by atoms with van der Waals surface area (Å²) in [5.41, 5.74) is 2.32. The van der Waals surface area contributed by atoms with Crippen LogP contribution in [0.4, 0.5) is 11.4 Å². The molecule has 19 heavy (non-hydrogen) atoms. The Hall–Kier alpha value is -1.91. The molecule has 5 heteroatoms. The van der Waals surface area contributed by atoms with Gasteiger partial charge in [0.25, 0.3) is 5.69 Å². The molecule has 0 heterocycles. The Morgan fingerprint density at radius 1 is 1.37 bits per heavy atom. The molecular weight excluding hydrogens is 244 g/mol. The van der Waals surface area contributed by atoms with Gasteiger partial charge in [0, 0.05) is 24.2 Å². The molecule has 104 valence electrons. The fourth-order valence-electron chi connectivity index (χ4n) is 1.94. The van der Waals surface area contributed by atoms with Crippen molar-refractivity contribution in [3.8, 4) is 0 Å². The maximum atomic E-state index is 11.8. The van der Waals surface area contributed by atoms with E-state index in [0.29, 0.717) is 18.5 Å². The lowest BCUT2D eigenvalue weighted by Gasteiger charge is -2.13. The summed E-state index contributed by atoms with van der Waals surface area (Å²) in [6, 6.07) is 3.02. The summed E-state index contributed by atoms with van der Waals surface area (Å²) >= 11 is 0. The van der Waals surface area contributed by atoms with Crippen LogP contribution in [-0.4, -0.2) is 10.8 Å². The highest BCUT2D eigenvalue weighted by Crippen LogP contribution is 2.27. The molecule has 1 aromatic carbocycles. The molecule has 0 aliphatic heterocycles. The van der Waals surface area contributed by atoms with Crippen LogP contribution in [0.3, 0.4) is 0 Å². The molecule has 1 amide bonds. The van der Waals surface area contributed by atoms with Crippen LogP contribution in [0.2, 0.25) is 0 Å². The molecule has 0 atom stereocenters. The zero-order valence-corrected chi connectivity index (χ0v) is 11.7. The number of nitrogens with one attached hydrogen (secondary N) is 1. The van der Waals surface area contributed by atoms with Crippen LogP contribution in [0.15, 0.2) is 12.1 Å². The number of hydrogen-bond donors (Lipinski definition) is 1. The molecule has 0 bridgehead atoms. The van der Waals surface area contributed by atoms with Gasteiger partial charge in [-0.2, -0.15) is 0 Å². The predicted octanol–water partition coefficient (Wildman–Crippen LogP) is 3.59. The second-order valence-electron chi connectivity index (χ2n) is 4.56. The van der Waals surface area contributed by atoms with E-state index in [2.05, 4.69) is 5.32 Å². The molecule has 0 saturated heterocycles. The van der Waals surface area contributed by atoms with Gasteiger partial charge in [0.1, 0.15) is 0 Å². The Balaban J connectivity index is 3.00. The summed E-state index contributed by atoms with van der Waals surface area (Å²) in [4.78, 5) is 22.2. The molecule has 0 aromatic heterocycles. The van der Waals surface area contributed by atoms with Gasteiger partial charge < -0.3 is 5.32 Å². The number of benzene rings is 1. The standard InChI is InChI=1S/C14H20N2O3/c1-4-6-7-13(17)15-14-10(3)8-12(16(18)19)9-11(14)5-2/h8-9H,4-7H2,1-3H3,(H,15,17). The van der Waals surface area contributed by atoms with E-state index >= 15 is 0 Å². The first kappa shape index (κ1) is 15.1. The highest BCUT2D eigenvalue weighted by molar-refractivity contribution is 5.92. The topological polar surface area (TPSA) is 72.2 Å². The molecular formula is C14H20N2O3. The van der Waals surface area contributed by atoms with E-state index in [9.17, 15) is 14.9 Å². The van der Waals surface area contributed by atoms with Crippen LogP contribution in [0.1, 0.15) is 44.2 Å². The molecule has 0 aliphatic rings. The lowest BCUT2D eigenvalue weighted by molar-refractivity contribution is -0.384. The first-order valence-corrected chi connectivity index (χ1v) is 6.57. The Kier molecular flexibility index (Phi) is 5.48. The Bertz CT molecular complexity index is 484. The first-order chi connectivity index (χ1) is 8.99. The van der Waals surface area contributed by atoms with Gasteiger partial charge in [0.05, 0.1) is 4.92 Å². The van der Waals surface area contributed by atoms with Crippen molar-refractivity contribution in [2.75, 3.05) is 5.32 Å². The maximum absolute atomic E-state index is 11.8. The van der Waals surface area contributed by atoms with Gasteiger partial charge in [-0.05, 0) is 30.9 Å². The number of nitro benzene ring substituents is 1. The van der Waals surface area contributed by atoms with E-state index in [4.69, 9.17) is 0 Å². The van der Waals surface area contributed by atoms with Gasteiger partial charge in [-0.1, -0.05) is 20.3 Å². The van der Waals surface area contributed by atoms with E-state index in [1.165, 1.54) is 12.1 Å². The third-order valence-electron chi connectivity index (χ3n) is 3.02. The minimum Gasteiger partial charge on any atom is -0.326 e. The number of nitrogens with zero attached hydrogens (tertiary/aromatic N) is 1. The summed E-state index contributed by atoms with van der Waals surface area (Å²) in [5, 5.41) is 13.7. The number of amides is 1. The highest BCUT2D eigenvalue weighted by Gasteiger charge is 2.15. The zero-order valence-electron chi connectivity index (χ0n) is 11.7. The average Bonchev–Trinajstić information content (AvgIpc) is 2.38. The molecule has 1 rings (SSSR count). The minimum absolute atomic E-state index is 0.0338. The van der Waals surface area contributed by atoms with Crippen molar-refractivity contribution in [1.29, 1.82) is 0 Å². The van der Waals surface area contributed by atoms with Gasteiger partial charge in [0.2, 0.25) is 5.91 Å². The van der Waals surface area contributed by atoms with E-state index < -0.39 is 4.92 Å². The monoisotopic (exact) mass is 264 g/mol. The van der Waals surface area contributed by atoms with Crippen LogP contribution < -0.4 is 5.32 Å². The van der Waals surface area contributed by atoms with E-state index in [1.807, 2.05) is 13.8 Å². The van der Waals surface area contributed by atoms with Crippen molar-refractivity contribution < 1.29 is 9.72 Å². The Morgan fingerprint density at radius 3 is 2.58 bits per heavy atom. The maximum Gasteiger partial charge on any atom is 0.270 e. The zero-order chi connectivity index (χ0) is 14.4. The fourth-order valence-corrected chi connectivity index (χ4v) is 1.94. The lowest BCUT2D eigenvalue weighted by Crippen LogP contribution is -2.14. The van der Waals surface area contributed by atoms with Crippen LogP contribution in [0, 0.1) is 17.0 Å². The molecule has 0 fully saturated rings. The summed E-state index contributed by atoms with van der Waals surface area (Å²) in [6.45, 7) is 5.73. The number of rotatable bonds is 6. The summed E-state index contributed by atoms with van der Waals surface area (Å²) in [6.07, 6.45) is 2.94. The van der Waals surface area contributed by atoms with Crippen LogP contribution >= 0.6 is 0 Å². The summed E-state index contributed by atoms with van der Waals surface area (Å²) < 4.78 is 0. The summed E-state index contributed by atoms with van der Waals surface area (Å²) in [7, 11) is 0. The minimum atomic E-state index is -0.408. The lowest BCUT2D eigenvalue weighted by atomic mass is 10.0. The number of aryl methyl sites for hydroxylation is 2. The van der Waals surface area contributed by atoms with Crippen LogP contribution in [-0.2, 0) is 11.2 Å². The second kappa shape index (κ2) is 6.87. The van der Waals surface area contributed by atoms with Crippen molar-refractivity contribution in [3.05, 3.63) is 33.4 Å². The number of carbonyl (C=O) groups excluding carboxylic acids is 1. The van der Waals surface area contributed by atoms with Crippen LogP contribution in [0.25, 0.3) is 0 Å². The Morgan fingerprint density at radius 2 is 2.05 bits per heavy atom. The van der Waals surface area contributed by atoms with Gasteiger partial charge in [-0.3, -0.25) is 14.9 Å². The van der Waals surface area contributed by atoms with Gasteiger partial charge in [0.15, 0.2) is 0 Å². The first-order valence-electron chi connectivity index (χ1n) is 6.57. The number of hydrogen-bond acceptors (Lipinski definition) is 3. The Labute approximate surface area is 113 Å². The third kappa shape index (κ3) is 4.05. The number of carbonyl (C=O) groups is 1.